The molecule has 0 spiro atoms. The van der Waals surface area contributed by atoms with Crippen LogP contribution in [-0.2, 0) is 4.74 Å². The molecule has 4 aliphatic rings. The maximum Gasteiger partial charge on any atom is 0.0531 e. The van der Waals surface area contributed by atoms with Crippen molar-refractivity contribution in [3.05, 3.63) is 0 Å². The predicted octanol–water partition coefficient (Wildman–Crippen LogP) is 1.64. The molecule has 0 aromatic carbocycles. The molecule has 2 N–H and O–H groups in total. The molecule has 4 atom stereocenters. The van der Waals surface area contributed by atoms with Gasteiger partial charge in [0.25, 0.3) is 0 Å². The van der Waals surface area contributed by atoms with Gasteiger partial charge < -0.3 is 15.4 Å². The van der Waals surface area contributed by atoms with Crippen molar-refractivity contribution >= 4 is 0 Å². The smallest absolute Gasteiger partial charge is 0.0531 e. The molecule has 4 fully saturated rings. The minimum absolute atomic E-state index is 0.399. The molecule has 0 aromatic heterocycles. The van der Waals surface area contributed by atoms with Gasteiger partial charge in [-0.15, -0.1) is 0 Å². The van der Waals surface area contributed by atoms with E-state index >= 15 is 0 Å². The largest absolute Gasteiger partial charge is 0.384 e. The first-order chi connectivity index (χ1) is 9.33. The van der Waals surface area contributed by atoms with Gasteiger partial charge in [-0.3, -0.25) is 0 Å². The molecule has 0 amide bonds. The molecule has 108 valence electrons. The summed E-state index contributed by atoms with van der Waals surface area (Å²) in [6.45, 7) is 4.43. The topological polar surface area (TPSA) is 33.3 Å². The first-order valence-electron chi connectivity index (χ1n) is 8.26. The van der Waals surface area contributed by atoms with Gasteiger partial charge in [-0.1, -0.05) is 0 Å². The van der Waals surface area contributed by atoms with Gasteiger partial charge in [-0.2, -0.15) is 0 Å². The number of hydrogen-bond acceptors (Lipinski definition) is 3. The van der Waals surface area contributed by atoms with E-state index in [0.717, 1.165) is 49.4 Å². The monoisotopic (exact) mass is 264 g/mol. The fourth-order valence-corrected chi connectivity index (χ4v) is 5.57. The van der Waals surface area contributed by atoms with Gasteiger partial charge >= 0.3 is 0 Å². The molecule has 1 heterocycles. The van der Waals surface area contributed by atoms with Gasteiger partial charge in [-0.25, -0.2) is 0 Å². The highest BCUT2D eigenvalue weighted by Crippen LogP contribution is 2.65. The van der Waals surface area contributed by atoms with E-state index in [4.69, 9.17) is 4.74 Å². The number of nitrogens with one attached hydrogen (secondary N) is 2. The lowest BCUT2D eigenvalue weighted by Gasteiger charge is -2.37. The Bertz CT molecular complexity index is 318. The minimum atomic E-state index is 0.399. The summed E-state index contributed by atoms with van der Waals surface area (Å²) < 4.78 is 5.52. The number of piperidine rings is 1. The van der Waals surface area contributed by atoms with Crippen molar-refractivity contribution in [2.45, 2.75) is 38.1 Å². The highest BCUT2D eigenvalue weighted by molar-refractivity contribution is 5.17. The third-order valence-electron chi connectivity index (χ3n) is 6.56. The number of methoxy groups -OCH3 is 1. The Hall–Kier alpha value is -0.120. The second kappa shape index (κ2) is 4.71. The van der Waals surface area contributed by atoms with Crippen LogP contribution in [0, 0.1) is 29.1 Å². The van der Waals surface area contributed by atoms with Crippen LogP contribution < -0.4 is 10.6 Å². The lowest BCUT2D eigenvalue weighted by molar-refractivity contribution is 0.0525. The summed E-state index contributed by atoms with van der Waals surface area (Å²) in [4.78, 5) is 0. The number of fused-ring (bicyclic) bond motifs is 5. The van der Waals surface area contributed by atoms with Crippen LogP contribution in [0.1, 0.15) is 32.1 Å². The second-order valence-corrected chi connectivity index (χ2v) is 7.58. The third kappa shape index (κ3) is 2.05. The molecule has 19 heavy (non-hydrogen) atoms. The zero-order valence-electron chi connectivity index (χ0n) is 12.2. The van der Waals surface area contributed by atoms with E-state index in [1.165, 1.54) is 32.2 Å². The van der Waals surface area contributed by atoms with E-state index in [0.29, 0.717) is 5.41 Å². The normalized spacial score (nSPS) is 46.3. The zero-order valence-corrected chi connectivity index (χ0v) is 12.2. The maximum atomic E-state index is 5.52. The molecular weight excluding hydrogens is 236 g/mol. The van der Waals surface area contributed by atoms with Crippen molar-refractivity contribution in [1.29, 1.82) is 0 Å². The van der Waals surface area contributed by atoms with E-state index in [9.17, 15) is 0 Å². The molecule has 3 aliphatic carbocycles. The predicted molar refractivity (Wildman–Crippen MR) is 76.0 cm³/mol. The lowest BCUT2D eigenvalue weighted by atomic mass is 9.79. The van der Waals surface area contributed by atoms with Crippen LogP contribution in [-0.4, -0.2) is 39.4 Å². The quantitative estimate of drug-likeness (QED) is 0.792. The highest BCUT2D eigenvalue weighted by atomic mass is 16.5. The molecule has 0 radical (unpaired) electrons. The first-order valence-corrected chi connectivity index (χ1v) is 8.26. The van der Waals surface area contributed by atoms with Gasteiger partial charge in [0, 0.05) is 25.1 Å². The Labute approximate surface area is 116 Å². The lowest BCUT2D eigenvalue weighted by Crippen LogP contribution is -2.47. The highest BCUT2D eigenvalue weighted by Gasteiger charge is 2.64. The van der Waals surface area contributed by atoms with Gasteiger partial charge in [0.1, 0.15) is 0 Å². The minimum Gasteiger partial charge on any atom is -0.384 e. The van der Waals surface area contributed by atoms with Gasteiger partial charge in [0.05, 0.1) is 6.61 Å². The van der Waals surface area contributed by atoms with Crippen molar-refractivity contribution in [1.82, 2.24) is 10.6 Å². The fraction of sp³-hybridized carbons (Fsp3) is 1.00. The Morgan fingerprint density at radius 1 is 1.16 bits per heavy atom. The van der Waals surface area contributed by atoms with Crippen molar-refractivity contribution in [2.24, 2.45) is 29.1 Å². The van der Waals surface area contributed by atoms with Crippen molar-refractivity contribution in [3.8, 4) is 0 Å². The number of rotatable bonds is 5. The summed E-state index contributed by atoms with van der Waals surface area (Å²) >= 11 is 0. The zero-order chi connectivity index (χ0) is 12.9. The summed E-state index contributed by atoms with van der Waals surface area (Å²) in [6.07, 6.45) is 7.14. The second-order valence-electron chi connectivity index (χ2n) is 7.58. The van der Waals surface area contributed by atoms with Crippen LogP contribution in [0.3, 0.4) is 0 Å². The van der Waals surface area contributed by atoms with Crippen LogP contribution in [0.2, 0.25) is 0 Å². The summed E-state index contributed by atoms with van der Waals surface area (Å²) in [6, 6.07) is 0.870. The molecule has 2 bridgehead atoms. The van der Waals surface area contributed by atoms with E-state index in [-0.39, 0.29) is 0 Å². The van der Waals surface area contributed by atoms with Crippen LogP contribution in [0.15, 0.2) is 0 Å². The molecule has 1 saturated heterocycles. The molecule has 1 aliphatic heterocycles. The maximum absolute atomic E-state index is 5.52. The van der Waals surface area contributed by atoms with E-state index in [1.807, 2.05) is 7.11 Å². The van der Waals surface area contributed by atoms with Gasteiger partial charge in [0.15, 0.2) is 0 Å². The SMILES string of the molecule is COCC1(CNC2C3C4CCC(C4)C23)CCNCC1. The van der Waals surface area contributed by atoms with Gasteiger partial charge in [0.2, 0.25) is 0 Å². The summed E-state index contributed by atoms with van der Waals surface area (Å²) in [5.74, 6) is 4.28. The van der Waals surface area contributed by atoms with E-state index < -0.39 is 0 Å². The van der Waals surface area contributed by atoms with Crippen LogP contribution in [0.25, 0.3) is 0 Å². The first kappa shape index (κ1) is 12.6. The Morgan fingerprint density at radius 3 is 2.47 bits per heavy atom. The molecular formula is C16H28N2O. The van der Waals surface area contributed by atoms with Crippen LogP contribution >= 0.6 is 0 Å². The van der Waals surface area contributed by atoms with E-state index in [2.05, 4.69) is 10.6 Å². The molecule has 3 heteroatoms. The van der Waals surface area contributed by atoms with E-state index in [1.54, 1.807) is 6.42 Å². The average Bonchev–Trinajstić information content (AvgIpc) is 2.81. The molecule has 0 aromatic rings. The molecule has 3 saturated carbocycles. The number of hydrogen-bond donors (Lipinski definition) is 2. The van der Waals surface area contributed by atoms with Crippen molar-refractivity contribution < 1.29 is 4.74 Å². The summed E-state index contributed by atoms with van der Waals surface area (Å²) in [5, 5.41) is 7.43. The molecule has 4 rings (SSSR count). The Balaban J connectivity index is 1.34. The fourth-order valence-electron chi connectivity index (χ4n) is 5.57. The average molecular weight is 264 g/mol. The molecule has 3 nitrogen and oxygen atoms in total. The Kier molecular flexibility index (Phi) is 3.13. The van der Waals surface area contributed by atoms with Gasteiger partial charge in [-0.05, 0) is 68.9 Å². The van der Waals surface area contributed by atoms with Crippen LogP contribution in [0.4, 0.5) is 0 Å². The van der Waals surface area contributed by atoms with Crippen LogP contribution in [0.5, 0.6) is 0 Å². The third-order valence-corrected chi connectivity index (χ3v) is 6.56. The summed E-state index contributed by atoms with van der Waals surface area (Å²) in [5.41, 5.74) is 0.399. The standard InChI is InChI=1S/C16H28N2O/c1-19-10-16(4-6-17-7-5-16)9-18-15-13-11-2-3-12(8-11)14(13)15/h11-15,17-18H,2-10H2,1H3. The Morgan fingerprint density at radius 2 is 1.84 bits per heavy atom. The van der Waals surface area contributed by atoms with Crippen molar-refractivity contribution in [2.75, 3.05) is 33.4 Å². The van der Waals surface area contributed by atoms with Crippen molar-refractivity contribution in [3.63, 3.8) is 0 Å². The molecule has 4 unspecified atom stereocenters. The number of ether oxygens (including phenoxy) is 1. The summed E-state index contributed by atoms with van der Waals surface area (Å²) in [7, 11) is 1.86.